The molecule has 0 unspecified atom stereocenters. The van der Waals surface area contributed by atoms with Gasteiger partial charge in [-0.25, -0.2) is 9.18 Å². The summed E-state index contributed by atoms with van der Waals surface area (Å²) in [5, 5.41) is 0. The van der Waals surface area contributed by atoms with Gasteiger partial charge in [0.2, 0.25) is 0 Å². The second-order valence-electron chi connectivity index (χ2n) is 4.86. The molecule has 5 nitrogen and oxygen atoms in total. The molecule has 0 aliphatic carbocycles. The largest absolute Gasteiger partial charge is 0.459 e. The maximum absolute atomic E-state index is 14.1. The SMILES string of the molecule is CC(=O)O[C@@H]1[C@@H](F)[C@@H](COC(=O)c2ccccc2)O[C@H]1C. The van der Waals surface area contributed by atoms with Crippen molar-refractivity contribution >= 4 is 11.9 Å². The topological polar surface area (TPSA) is 61.8 Å². The molecule has 1 aromatic carbocycles. The third-order valence-corrected chi connectivity index (χ3v) is 3.21. The Morgan fingerprint density at radius 3 is 2.57 bits per heavy atom. The van der Waals surface area contributed by atoms with Gasteiger partial charge in [0, 0.05) is 6.92 Å². The number of rotatable bonds is 4. The molecule has 1 aliphatic heterocycles. The molecule has 0 bridgehead atoms. The van der Waals surface area contributed by atoms with Crippen molar-refractivity contribution in [1.29, 1.82) is 0 Å². The molecule has 114 valence electrons. The first-order chi connectivity index (χ1) is 9.99. The van der Waals surface area contributed by atoms with Crippen LogP contribution in [0.25, 0.3) is 0 Å². The number of benzene rings is 1. The molecule has 1 fully saturated rings. The number of carbonyl (C=O) groups excluding carboxylic acids is 2. The van der Waals surface area contributed by atoms with E-state index in [1.807, 2.05) is 0 Å². The summed E-state index contributed by atoms with van der Waals surface area (Å²) >= 11 is 0. The van der Waals surface area contributed by atoms with E-state index in [9.17, 15) is 14.0 Å². The van der Waals surface area contributed by atoms with Crippen molar-refractivity contribution in [3.8, 4) is 0 Å². The van der Waals surface area contributed by atoms with E-state index in [-0.39, 0.29) is 6.61 Å². The average molecular weight is 296 g/mol. The first-order valence-electron chi connectivity index (χ1n) is 6.68. The number of carbonyl (C=O) groups is 2. The van der Waals surface area contributed by atoms with E-state index in [4.69, 9.17) is 14.2 Å². The van der Waals surface area contributed by atoms with E-state index in [2.05, 4.69) is 0 Å². The van der Waals surface area contributed by atoms with Crippen LogP contribution in [0.15, 0.2) is 30.3 Å². The first-order valence-corrected chi connectivity index (χ1v) is 6.68. The second-order valence-corrected chi connectivity index (χ2v) is 4.86. The van der Waals surface area contributed by atoms with Crippen LogP contribution in [0.2, 0.25) is 0 Å². The highest BCUT2D eigenvalue weighted by Crippen LogP contribution is 2.27. The highest BCUT2D eigenvalue weighted by atomic mass is 19.1. The molecule has 2 rings (SSSR count). The van der Waals surface area contributed by atoms with Gasteiger partial charge in [0.15, 0.2) is 12.3 Å². The minimum Gasteiger partial charge on any atom is -0.459 e. The van der Waals surface area contributed by atoms with Gasteiger partial charge in [-0.2, -0.15) is 0 Å². The molecule has 0 radical (unpaired) electrons. The van der Waals surface area contributed by atoms with Crippen molar-refractivity contribution in [2.24, 2.45) is 0 Å². The van der Waals surface area contributed by atoms with Crippen LogP contribution in [0, 0.1) is 0 Å². The van der Waals surface area contributed by atoms with Crippen LogP contribution >= 0.6 is 0 Å². The number of esters is 2. The summed E-state index contributed by atoms with van der Waals surface area (Å²) in [6.45, 7) is 2.60. The molecular weight excluding hydrogens is 279 g/mol. The van der Waals surface area contributed by atoms with E-state index in [1.165, 1.54) is 6.92 Å². The molecule has 1 aliphatic rings. The van der Waals surface area contributed by atoms with E-state index in [1.54, 1.807) is 37.3 Å². The standard InChI is InChI=1S/C15H17FO5/c1-9-14(21-10(2)17)13(16)12(20-9)8-19-15(18)11-6-4-3-5-7-11/h3-7,9,12-14H,8H2,1-2H3/t9-,12+,13-,14-/m0/s1. The fourth-order valence-corrected chi connectivity index (χ4v) is 2.20. The average Bonchev–Trinajstić information content (AvgIpc) is 2.73. The van der Waals surface area contributed by atoms with Crippen molar-refractivity contribution < 1.29 is 28.2 Å². The summed E-state index contributed by atoms with van der Waals surface area (Å²) in [6, 6.07) is 8.41. The van der Waals surface area contributed by atoms with Gasteiger partial charge < -0.3 is 14.2 Å². The number of alkyl halides is 1. The fraction of sp³-hybridized carbons (Fsp3) is 0.467. The zero-order chi connectivity index (χ0) is 15.4. The summed E-state index contributed by atoms with van der Waals surface area (Å²) in [5.74, 6) is -1.12. The van der Waals surface area contributed by atoms with Crippen LogP contribution in [0.4, 0.5) is 4.39 Å². The predicted octanol–water partition coefficient (Wildman–Crippen LogP) is 1.90. The van der Waals surface area contributed by atoms with E-state index in [0.29, 0.717) is 5.56 Å². The maximum atomic E-state index is 14.1. The number of halogens is 1. The molecule has 1 saturated heterocycles. The van der Waals surface area contributed by atoms with Crippen LogP contribution in [-0.2, 0) is 19.0 Å². The van der Waals surface area contributed by atoms with Gasteiger partial charge >= 0.3 is 11.9 Å². The Hall–Kier alpha value is -1.95. The molecule has 0 saturated carbocycles. The Labute approximate surface area is 122 Å². The van der Waals surface area contributed by atoms with E-state index < -0.39 is 36.4 Å². The molecule has 0 spiro atoms. The molecule has 4 atom stereocenters. The summed E-state index contributed by atoms with van der Waals surface area (Å²) in [4.78, 5) is 22.7. The van der Waals surface area contributed by atoms with Crippen LogP contribution in [0.5, 0.6) is 0 Å². The van der Waals surface area contributed by atoms with Crippen molar-refractivity contribution in [2.75, 3.05) is 6.61 Å². The van der Waals surface area contributed by atoms with Gasteiger partial charge in [-0.05, 0) is 19.1 Å². The number of hydrogen-bond acceptors (Lipinski definition) is 5. The van der Waals surface area contributed by atoms with Crippen LogP contribution in [0.1, 0.15) is 24.2 Å². The molecule has 21 heavy (non-hydrogen) atoms. The van der Waals surface area contributed by atoms with Crippen LogP contribution in [-0.4, -0.2) is 43.0 Å². The van der Waals surface area contributed by atoms with Gasteiger partial charge in [0.1, 0.15) is 12.7 Å². The fourth-order valence-electron chi connectivity index (χ4n) is 2.20. The Bertz CT molecular complexity index is 504. The van der Waals surface area contributed by atoms with Crippen molar-refractivity contribution in [3.05, 3.63) is 35.9 Å². The van der Waals surface area contributed by atoms with Gasteiger partial charge in [-0.1, -0.05) is 18.2 Å². The highest BCUT2D eigenvalue weighted by Gasteiger charge is 2.45. The molecule has 1 heterocycles. The maximum Gasteiger partial charge on any atom is 0.338 e. The first kappa shape index (κ1) is 15.4. The number of hydrogen-bond donors (Lipinski definition) is 0. The zero-order valence-electron chi connectivity index (χ0n) is 11.8. The van der Waals surface area contributed by atoms with Gasteiger partial charge in [0.25, 0.3) is 0 Å². The minimum atomic E-state index is -1.52. The van der Waals surface area contributed by atoms with Crippen molar-refractivity contribution in [1.82, 2.24) is 0 Å². The summed E-state index contributed by atoms with van der Waals surface area (Å²) in [6.07, 6.45) is -4.00. The Balaban J connectivity index is 1.89. The number of ether oxygens (including phenoxy) is 3. The lowest BCUT2D eigenvalue weighted by molar-refractivity contribution is -0.150. The zero-order valence-corrected chi connectivity index (χ0v) is 11.8. The summed E-state index contributed by atoms with van der Waals surface area (Å²) < 4.78 is 29.4. The third-order valence-electron chi connectivity index (χ3n) is 3.21. The molecule has 1 aromatic rings. The lowest BCUT2D eigenvalue weighted by Crippen LogP contribution is -2.34. The molecule has 0 amide bonds. The van der Waals surface area contributed by atoms with Crippen molar-refractivity contribution in [2.45, 2.75) is 38.3 Å². The van der Waals surface area contributed by atoms with Crippen LogP contribution < -0.4 is 0 Å². The van der Waals surface area contributed by atoms with Gasteiger partial charge in [0.05, 0.1) is 11.7 Å². The second kappa shape index (κ2) is 6.67. The Morgan fingerprint density at radius 1 is 1.29 bits per heavy atom. The van der Waals surface area contributed by atoms with Gasteiger partial charge in [-0.15, -0.1) is 0 Å². The highest BCUT2D eigenvalue weighted by molar-refractivity contribution is 5.89. The summed E-state index contributed by atoms with van der Waals surface area (Å²) in [5.41, 5.74) is 0.385. The normalized spacial score (nSPS) is 28.1. The Kier molecular flexibility index (Phi) is 4.90. The van der Waals surface area contributed by atoms with Crippen LogP contribution in [0.3, 0.4) is 0 Å². The lowest BCUT2D eigenvalue weighted by Gasteiger charge is -2.16. The molecule has 0 aromatic heterocycles. The summed E-state index contributed by atoms with van der Waals surface area (Å²) in [7, 11) is 0. The monoisotopic (exact) mass is 296 g/mol. The predicted molar refractivity (Wildman–Crippen MR) is 71.5 cm³/mol. The van der Waals surface area contributed by atoms with E-state index in [0.717, 1.165) is 0 Å². The smallest absolute Gasteiger partial charge is 0.338 e. The molecule has 0 N–H and O–H groups in total. The van der Waals surface area contributed by atoms with Gasteiger partial charge in [-0.3, -0.25) is 4.79 Å². The lowest BCUT2D eigenvalue weighted by atomic mass is 10.1. The van der Waals surface area contributed by atoms with E-state index >= 15 is 0 Å². The molecule has 6 heteroatoms. The van der Waals surface area contributed by atoms with Crippen molar-refractivity contribution in [3.63, 3.8) is 0 Å². The Morgan fingerprint density at radius 2 is 1.95 bits per heavy atom. The third kappa shape index (κ3) is 3.78. The molecular formula is C15H17FO5. The minimum absolute atomic E-state index is 0.225. The quantitative estimate of drug-likeness (QED) is 0.794.